The van der Waals surface area contributed by atoms with Crippen molar-refractivity contribution in [1.29, 1.82) is 0 Å². The zero-order valence-electron chi connectivity index (χ0n) is 10.2. The highest BCUT2D eigenvalue weighted by atomic mass is 35.5. The minimum Gasteiger partial charge on any atom is -0.360 e. The van der Waals surface area contributed by atoms with Crippen molar-refractivity contribution < 1.29 is 0 Å². The van der Waals surface area contributed by atoms with Crippen LogP contribution in [0.25, 0.3) is 10.2 Å². The molecule has 0 aliphatic carbocycles. The lowest BCUT2D eigenvalue weighted by molar-refractivity contribution is 0.326. The van der Waals surface area contributed by atoms with Crippen molar-refractivity contribution in [2.45, 2.75) is 13.0 Å². The molecule has 3 nitrogen and oxygen atoms in total. The third-order valence-electron chi connectivity index (χ3n) is 2.78. The average Bonchev–Trinajstić information content (AvgIpc) is 2.67. The number of hydrogen-bond acceptors (Lipinski definition) is 4. The highest BCUT2D eigenvalue weighted by Crippen LogP contribution is 2.28. The Morgan fingerprint density at radius 1 is 1.47 bits per heavy atom. The number of nitrogens with one attached hydrogen (secondary N) is 1. The molecule has 17 heavy (non-hydrogen) atoms. The van der Waals surface area contributed by atoms with Gasteiger partial charge in [-0.2, -0.15) is 0 Å². The number of hydrogen-bond donors (Lipinski definition) is 1. The fraction of sp³-hybridized carbons (Fsp3) is 0.417. The van der Waals surface area contributed by atoms with Crippen molar-refractivity contribution in [3.05, 3.63) is 23.2 Å². The van der Waals surface area contributed by atoms with Crippen LogP contribution in [-0.4, -0.2) is 36.6 Å². The van der Waals surface area contributed by atoms with Gasteiger partial charge in [-0.25, -0.2) is 4.98 Å². The summed E-state index contributed by atoms with van der Waals surface area (Å²) in [5.41, 5.74) is 0.999. The normalized spacial score (nSPS) is 13.2. The minimum absolute atomic E-state index is 0.477. The van der Waals surface area contributed by atoms with Gasteiger partial charge in [-0.3, -0.25) is 0 Å². The molecule has 1 unspecified atom stereocenters. The Bertz CT molecular complexity index is 509. The van der Waals surface area contributed by atoms with Crippen molar-refractivity contribution in [2.24, 2.45) is 0 Å². The highest BCUT2D eigenvalue weighted by molar-refractivity contribution is 7.22. The van der Waals surface area contributed by atoms with E-state index in [-0.39, 0.29) is 0 Å². The third-order valence-corrected chi connectivity index (χ3v) is 3.99. The molecule has 1 aromatic heterocycles. The summed E-state index contributed by atoms with van der Waals surface area (Å²) in [7, 11) is 4.15. The molecule has 0 spiro atoms. The molecule has 1 N–H and O–H groups in total. The summed E-state index contributed by atoms with van der Waals surface area (Å²) in [4.78, 5) is 6.69. The van der Waals surface area contributed by atoms with E-state index in [4.69, 9.17) is 11.6 Å². The lowest BCUT2D eigenvalue weighted by Gasteiger charge is -2.19. The van der Waals surface area contributed by atoms with Gasteiger partial charge >= 0.3 is 0 Å². The van der Waals surface area contributed by atoms with Crippen molar-refractivity contribution in [3.63, 3.8) is 0 Å². The minimum atomic E-state index is 0.477. The van der Waals surface area contributed by atoms with Gasteiger partial charge < -0.3 is 10.2 Å². The molecule has 0 radical (unpaired) electrons. The van der Waals surface area contributed by atoms with Crippen molar-refractivity contribution in [3.8, 4) is 0 Å². The zero-order valence-corrected chi connectivity index (χ0v) is 11.8. The average molecular weight is 270 g/mol. The SMILES string of the molecule is CC(CNc1nc2ccc(Cl)cc2s1)N(C)C. The van der Waals surface area contributed by atoms with E-state index in [1.807, 2.05) is 18.2 Å². The van der Waals surface area contributed by atoms with E-state index in [1.165, 1.54) is 0 Å². The van der Waals surface area contributed by atoms with E-state index >= 15 is 0 Å². The molecule has 1 heterocycles. The monoisotopic (exact) mass is 269 g/mol. The molecule has 0 bridgehead atoms. The summed E-state index contributed by atoms with van der Waals surface area (Å²) in [6.45, 7) is 3.07. The molecule has 0 fully saturated rings. The first-order valence-corrected chi connectivity index (χ1v) is 6.72. The molecule has 1 atom stereocenters. The van der Waals surface area contributed by atoms with Gasteiger partial charge in [0.25, 0.3) is 0 Å². The van der Waals surface area contributed by atoms with Crippen LogP contribution >= 0.6 is 22.9 Å². The number of aromatic nitrogens is 1. The predicted molar refractivity (Wildman–Crippen MR) is 76.3 cm³/mol. The Morgan fingerprint density at radius 2 is 2.24 bits per heavy atom. The summed E-state index contributed by atoms with van der Waals surface area (Å²) < 4.78 is 1.12. The maximum absolute atomic E-state index is 5.95. The number of thiazole rings is 1. The molecule has 0 aliphatic heterocycles. The van der Waals surface area contributed by atoms with Gasteiger partial charge in [0.05, 0.1) is 10.2 Å². The van der Waals surface area contributed by atoms with Gasteiger partial charge in [-0.15, -0.1) is 0 Å². The Labute approximate surface area is 110 Å². The van der Waals surface area contributed by atoms with Crippen LogP contribution in [-0.2, 0) is 0 Å². The fourth-order valence-corrected chi connectivity index (χ4v) is 2.54. The van der Waals surface area contributed by atoms with E-state index in [1.54, 1.807) is 11.3 Å². The number of benzene rings is 1. The number of rotatable bonds is 4. The topological polar surface area (TPSA) is 28.2 Å². The second-order valence-corrected chi connectivity index (χ2v) is 5.79. The summed E-state index contributed by atoms with van der Waals surface area (Å²) in [6.07, 6.45) is 0. The molecular formula is C12H16ClN3S. The van der Waals surface area contributed by atoms with Gasteiger partial charge in [0.1, 0.15) is 0 Å². The molecule has 0 saturated carbocycles. The maximum atomic E-state index is 5.95. The molecule has 5 heteroatoms. The second-order valence-electron chi connectivity index (χ2n) is 4.32. The third kappa shape index (κ3) is 3.09. The first-order chi connectivity index (χ1) is 8.06. The summed E-state index contributed by atoms with van der Waals surface area (Å²) in [5.74, 6) is 0. The zero-order chi connectivity index (χ0) is 12.4. The van der Waals surface area contributed by atoms with E-state index in [0.717, 1.165) is 26.9 Å². The smallest absolute Gasteiger partial charge is 0.183 e. The molecule has 2 aromatic rings. The fourth-order valence-electron chi connectivity index (χ4n) is 1.39. The van der Waals surface area contributed by atoms with Crippen LogP contribution in [0.2, 0.25) is 5.02 Å². The van der Waals surface area contributed by atoms with Gasteiger partial charge in [0.15, 0.2) is 5.13 Å². The van der Waals surface area contributed by atoms with Crippen LogP contribution < -0.4 is 5.32 Å². The van der Waals surface area contributed by atoms with E-state index < -0.39 is 0 Å². The predicted octanol–water partition coefficient (Wildman–Crippen LogP) is 3.31. The van der Waals surface area contributed by atoms with Crippen LogP contribution in [0.1, 0.15) is 6.92 Å². The number of halogens is 1. The van der Waals surface area contributed by atoms with Crippen LogP contribution in [0.15, 0.2) is 18.2 Å². The lowest BCUT2D eigenvalue weighted by Crippen LogP contribution is -2.31. The molecule has 0 saturated heterocycles. The molecule has 92 valence electrons. The van der Waals surface area contributed by atoms with E-state index in [9.17, 15) is 0 Å². The first-order valence-electron chi connectivity index (χ1n) is 5.52. The summed E-state index contributed by atoms with van der Waals surface area (Å²) in [5, 5.41) is 5.07. The number of fused-ring (bicyclic) bond motifs is 1. The van der Waals surface area contributed by atoms with Gasteiger partial charge in [0.2, 0.25) is 0 Å². The van der Waals surface area contributed by atoms with Crippen LogP contribution in [0.3, 0.4) is 0 Å². The number of likely N-dealkylation sites (N-methyl/N-ethyl adjacent to an activating group) is 1. The van der Waals surface area contributed by atoms with Crippen molar-refractivity contribution in [1.82, 2.24) is 9.88 Å². The second kappa shape index (κ2) is 5.21. The summed E-state index contributed by atoms with van der Waals surface area (Å²) in [6, 6.07) is 6.25. The molecule has 0 amide bonds. The standard InChI is InChI=1S/C12H16ClN3S/c1-8(16(2)3)7-14-12-15-10-5-4-9(13)6-11(10)17-12/h4-6,8H,7H2,1-3H3,(H,14,15). The molecule has 1 aromatic carbocycles. The Balaban J connectivity index is 2.09. The van der Waals surface area contributed by atoms with Crippen LogP contribution in [0.5, 0.6) is 0 Å². The maximum Gasteiger partial charge on any atom is 0.183 e. The Hall–Kier alpha value is -0.840. The molecule has 2 rings (SSSR count). The first kappa shape index (κ1) is 12.6. The molecular weight excluding hydrogens is 254 g/mol. The van der Waals surface area contributed by atoms with E-state index in [2.05, 4.69) is 36.2 Å². The highest BCUT2D eigenvalue weighted by Gasteiger charge is 2.07. The Morgan fingerprint density at radius 3 is 2.94 bits per heavy atom. The molecule has 0 aliphatic rings. The van der Waals surface area contributed by atoms with Gasteiger partial charge in [-0.05, 0) is 39.2 Å². The number of anilines is 1. The largest absolute Gasteiger partial charge is 0.360 e. The van der Waals surface area contributed by atoms with Crippen LogP contribution in [0.4, 0.5) is 5.13 Å². The van der Waals surface area contributed by atoms with Crippen molar-refractivity contribution >= 4 is 38.3 Å². The lowest BCUT2D eigenvalue weighted by atomic mass is 10.3. The van der Waals surface area contributed by atoms with Gasteiger partial charge in [0, 0.05) is 17.6 Å². The Kier molecular flexibility index (Phi) is 3.86. The summed E-state index contributed by atoms with van der Waals surface area (Å²) >= 11 is 7.59. The van der Waals surface area contributed by atoms with Gasteiger partial charge in [-0.1, -0.05) is 22.9 Å². The van der Waals surface area contributed by atoms with Crippen molar-refractivity contribution in [2.75, 3.05) is 26.0 Å². The number of nitrogens with zero attached hydrogens (tertiary/aromatic N) is 2. The van der Waals surface area contributed by atoms with E-state index in [0.29, 0.717) is 6.04 Å². The van der Waals surface area contributed by atoms with Crippen LogP contribution in [0, 0.1) is 0 Å². The quantitative estimate of drug-likeness (QED) is 0.923.